The molecule has 1 aromatic heterocycles. The summed E-state index contributed by atoms with van der Waals surface area (Å²) in [5.41, 5.74) is 2.13. The summed E-state index contributed by atoms with van der Waals surface area (Å²) in [6.07, 6.45) is 1.11. The zero-order chi connectivity index (χ0) is 13.3. The van der Waals surface area contributed by atoms with Gasteiger partial charge < -0.3 is 9.88 Å². The van der Waals surface area contributed by atoms with Crippen LogP contribution in [0.5, 0.6) is 0 Å². The molecule has 1 N–H and O–H groups in total. The zero-order valence-electron chi connectivity index (χ0n) is 11.4. The number of aromatic nitrogens is 2. The van der Waals surface area contributed by atoms with Crippen LogP contribution in [0.15, 0.2) is 22.7 Å². The number of hydrogen-bond acceptors (Lipinski definition) is 2. The minimum absolute atomic E-state index is 0.124. The molecule has 2 aromatic rings. The molecule has 4 heteroatoms. The monoisotopic (exact) mass is 309 g/mol. The van der Waals surface area contributed by atoms with Crippen molar-refractivity contribution in [3.05, 3.63) is 28.5 Å². The molecule has 98 valence electrons. The van der Waals surface area contributed by atoms with Gasteiger partial charge >= 0.3 is 0 Å². The van der Waals surface area contributed by atoms with Gasteiger partial charge in [0.15, 0.2) is 0 Å². The highest BCUT2D eigenvalue weighted by molar-refractivity contribution is 9.10. The first-order chi connectivity index (χ1) is 8.49. The lowest BCUT2D eigenvalue weighted by atomic mass is 10.1. The summed E-state index contributed by atoms with van der Waals surface area (Å²) in [4.78, 5) is 4.81. The van der Waals surface area contributed by atoms with Crippen LogP contribution in [-0.2, 0) is 12.1 Å². The Morgan fingerprint density at radius 1 is 1.39 bits per heavy atom. The third-order valence-electron chi connectivity index (χ3n) is 3.34. The van der Waals surface area contributed by atoms with E-state index >= 15 is 0 Å². The lowest BCUT2D eigenvalue weighted by Crippen LogP contribution is -2.36. The van der Waals surface area contributed by atoms with Crippen LogP contribution in [0.4, 0.5) is 0 Å². The molecular formula is C14H20BrN3. The fourth-order valence-corrected chi connectivity index (χ4v) is 2.49. The molecule has 0 aliphatic carbocycles. The molecular weight excluding hydrogens is 290 g/mol. The van der Waals surface area contributed by atoms with E-state index in [9.17, 15) is 0 Å². The number of halogens is 1. The number of aryl methyl sites for hydroxylation is 1. The average molecular weight is 310 g/mol. The van der Waals surface area contributed by atoms with E-state index in [2.05, 4.69) is 64.8 Å². The Morgan fingerprint density at radius 2 is 2.11 bits per heavy atom. The van der Waals surface area contributed by atoms with Crippen LogP contribution in [-0.4, -0.2) is 16.6 Å². The quantitative estimate of drug-likeness (QED) is 0.934. The molecule has 0 unspecified atom stereocenters. The predicted molar refractivity (Wildman–Crippen MR) is 79.8 cm³/mol. The van der Waals surface area contributed by atoms with Crippen molar-refractivity contribution >= 4 is 27.0 Å². The Bertz CT molecular complexity index is 557. The Balaban J connectivity index is 2.68. The third kappa shape index (κ3) is 2.31. The molecule has 0 spiro atoms. The Morgan fingerprint density at radius 3 is 2.72 bits per heavy atom. The molecule has 0 aliphatic heterocycles. The second kappa shape index (κ2) is 5.02. The highest BCUT2D eigenvalue weighted by atomic mass is 79.9. The number of nitrogens with zero attached hydrogens (tertiary/aromatic N) is 2. The Kier molecular flexibility index (Phi) is 3.78. The first-order valence-corrected chi connectivity index (χ1v) is 7.14. The number of hydrogen-bond donors (Lipinski definition) is 1. The Hall–Kier alpha value is -0.870. The van der Waals surface area contributed by atoms with Crippen molar-refractivity contribution in [3.8, 4) is 0 Å². The van der Waals surface area contributed by atoms with Crippen LogP contribution in [0.1, 0.15) is 33.0 Å². The van der Waals surface area contributed by atoms with Gasteiger partial charge in [0.2, 0.25) is 0 Å². The van der Waals surface area contributed by atoms with Crippen molar-refractivity contribution in [1.82, 2.24) is 14.9 Å². The van der Waals surface area contributed by atoms with Crippen molar-refractivity contribution in [2.75, 3.05) is 7.05 Å². The fraction of sp³-hybridized carbons (Fsp3) is 0.500. The molecule has 0 saturated carbocycles. The smallest absolute Gasteiger partial charge is 0.129 e. The molecule has 0 amide bonds. The number of imidazole rings is 1. The standard InChI is InChI=1S/C14H20BrN3/c1-5-8-18-12-7-6-10(15)9-11(12)17-13(18)14(2,3)16-4/h6-7,9,16H,5,8H2,1-4H3. The van der Waals surface area contributed by atoms with Crippen LogP contribution in [0.3, 0.4) is 0 Å². The van der Waals surface area contributed by atoms with Crippen LogP contribution in [0.2, 0.25) is 0 Å². The van der Waals surface area contributed by atoms with Gasteiger partial charge in [0, 0.05) is 11.0 Å². The summed E-state index contributed by atoms with van der Waals surface area (Å²) in [7, 11) is 1.98. The summed E-state index contributed by atoms with van der Waals surface area (Å²) < 4.78 is 3.39. The van der Waals surface area contributed by atoms with Gasteiger partial charge in [0.25, 0.3) is 0 Å². The van der Waals surface area contributed by atoms with E-state index in [1.54, 1.807) is 0 Å². The van der Waals surface area contributed by atoms with Gasteiger partial charge in [-0.3, -0.25) is 0 Å². The maximum absolute atomic E-state index is 4.81. The highest BCUT2D eigenvalue weighted by Gasteiger charge is 2.25. The largest absolute Gasteiger partial charge is 0.326 e. The van der Waals surface area contributed by atoms with Crippen molar-refractivity contribution in [3.63, 3.8) is 0 Å². The highest BCUT2D eigenvalue weighted by Crippen LogP contribution is 2.26. The number of benzene rings is 1. The van der Waals surface area contributed by atoms with Gasteiger partial charge in [0.05, 0.1) is 16.6 Å². The maximum Gasteiger partial charge on any atom is 0.129 e. The van der Waals surface area contributed by atoms with E-state index in [0.717, 1.165) is 28.8 Å². The molecule has 1 heterocycles. The summed E-state index contributed by atoms with van der Waals surface area (Å²) in [5, 5.41) is 3.34. The fourth-order valence-electron chi connectivity index (χ4n) is 2.14. The van der Waals surface area contributed by atoms with Crippen LogP contribution in [0.25, 0.3) is 11.0 Å². The van der Waals surface area contributed by atoms with Gasteiger partial charge in [-0.25, -0.2) is 4.98 Å². The second-order valence-corrected chi connectivity index (χ2v) is 6.01. The van der Waals surface area contributed by atoms with Gasteiger partial charge in [-0.1, -0.05) is 22.9 Å². The molecule has 3 nitrogen and oxygen atoms in total. The van der Waals surface area contributed by atoms with Crippen molar-refractivity contribution in [1.29, 1.82) is 0 Å². The molecule has 0 radical (unpaired) electrons. The van der Waals surface area contributed by atoms with Gasteiger partial charge in [-0.05, 0) is 45.5 Å². The van der Waals surface area contributed by atoms with Gasteiger partial charge in [-0.15, -0.1) is 0 Å². The van der Waals surface area contributed by atoms with Crippen molar-refractivity contribution in [2.45, 2.75) is 39.3 Å². The van der Waals surface area contributed by atoms with E-state index in [4.69, 9.17) is 4.98 Å². The minimum atomic E-state index is -0.124. The lowest BCUT2D eigenvalue weighted by molar-refractivity contribution is 0.397. The minimum Gasteiger partial charge on any atom is -0.326 e. The first kappa shape index (κ1) is 13.6. The van der Waals surface area contributed by atoms with E-state index < -0.39 is 0 Å². The summed E-state index contributed by atoms with van der Waals surface area (Å²) >= 11 is 3.51. The Labute approximate surface area is 117 Å². The lowest BCUT2D eigenvalue weighted by Gasteiger charge is -2.24. The van der Waals surface area contributed by atoms with Crippen LogP contribution < -0.4 is 5.32 Å². The first-order valence-electron chi connectivity index (χ1n) is 6.34. The number of rotatable bonds is 4. The van der Waals surface area contributed by atoms with Gasteiger partial charge in [0.1, 0.15) is 5.82 Å². The SMILES string of the molecule is CCCn1c(C(C)(C)NC)nc2cc(Br)ccc21. The predicted octanol–water partition coefficient (Wildman–Crippen LogP) is 3.66. The van der Waals surface area contributed by atoms with E-state index in [1.165, 1.54) is 5.52 Å². The molecule has 1 aromatic carbocycles. The summed E-state index contributed by atoms with van der Waals surface area (Å²) in [6.45, 7) is 7.52. The normalized spacial score (nSPS) is 12.3. The maximum atomic E-state index is 4.81. The summed E-state index contributed by atoms with van der Waals surface area (Å²) in [5.74, 6) is 1.10. The molecule has 0 bridgehead atoms. The molecule has 0 aliphatic rings. The molecule has 18 heavy (non-hydrogen) atoms. The van der Waals surface area contributed by atoms with Crippen molar-refractivity contribution < 1.29 is 0 Å². The molecule has 0 fully saturated rings. The topological polar surface area (TPSA) is 29.9 Å². The second-order valence-electron chi connectivity index (χ2n) is 5.10. The van der Waals surface area contributed by atoms with Crippen molar-refractivity contribution in [2.24, 2.45) is 0 Å². The molecule has 0 saturated heterocycles. The molecule has 0 atom stereocenters. The van der Waals surface area contributed by atoms with E-state index in [-0.39, 0.29) is 5.54 Å². The number of nitrogens with one attached hydrogen (secondary N) is 1. The van der Waals surface area contributed by atoms with E-state index in [0.29, 0.717) is 0 Å². The van der Waals surface area contributed by atoms with Crippen LogP contribution in [0, 0.1) is 0 Å². The molecule has 2 rings (SSSR count). The third-order valence-corrected chi connectivity index (χ3v) is 3.83. The van der Waals surface area contributed by atoms with Gasteiger partial charge in [-0.2, -0.15) is 0 Å². The van der Waals surface area contributed by atoms with E-state index in [1.807, 2.05) is 7.05 Å². The zero-order valence-corrected chi connectivity index (χ0v) is 13.0. The summed E-state index contributed by atoms with van der Waals surface area (Å²) in [6, 6.07) is 6.29. The average Bonchev–Trinajstić information content (AvgIpc) is 2.68. The van der Waals surface area contributed by atoms with Crippen LogP contribution >= 0.6 is 15.9 Å². The number of fused-ring (bicyclic) bond motifs is 1.